The van der Waals surface area contributed by atoms with Crippen LogP contribution in [0.5, 0.6) is 17.2 Å². The van der Waals surface area contributed by atoms with E-state index in [1.165, 1.54) is 11.0 Å². The first-order valence-electron chi connectivity index (χ1n) is 9.68. The molecule has 0 radical (unpaired) electrons. The maximum atomic E-state index is 13.1. The Balaban J connectivity index is 1.42. The van der Waals surface area contributed by atoms with Gasteiger partial charge >= 0.3 is 12.3 Å². The van der Waals surface area contributed by atoms with E-state index in [9.17, 15) is 18.0 Å². The van der Waals surface area contributed by atoms with Crippen molar-refractivity contribution in [2.45, 2.75) is 18.3 Å². The van der Waals surface area contributed by atoms with Crippen molar-refractivity contribution in [3.05, 3.63) is 71.2 Å². The number of benzene rings is 2. The highest BCUT2D eigenvalue weighted by molar-refractivity contribution is 5.92. The fourth-order valence-electron chi connectivity index (χ4n) is 4.25. The second kappa shape index (κ2) is 6.35. The lowest BCUT2D eigenvalue weighted by Crippen LogP contribution is -2.47. The Bertz CT molecular complexity index is 1250. The van der Waals surface area contributed by atoms with Crippen LogP contribution in [0, 0.1) is 0 Å². The van der Waals surface area contributed by atoms with Crippen LogP contribution in [-0.4, -0.2) is 19.5 Å². The van der Waals surface area contributed by atoms with Crippen molar-refractivity contribution in [1.82, 2.24) is 0 Å². The molecule has 32 heavy (non-hydrogen) atoms. The Morgan fingerprint density at radius 1 is 0.938 bits per heavy atom. The van der Waals surface area contributed by atoms with Gasteiger partial charge in [0.1, 0.15) is 18.1 Å². The van der Waals surface area contributed by atoms with Gasteiger partial charge in [-0.25, -0.2) is 4.79 Å². The first-order chi connectivity index (χ1) is 15.3. The average molecular weight is 445 g/mol. The Kier molecular flexibility index (Phi) is 3.75. The second-order valence-corrected chi connectivity index (χ2v) is 7.55. The monoisotopic (exact) mass is 445 g/mol. The van der Waals surface area contributed by atoms with Gasteiger partial charge in [-0.3, -0.25) is 4.90 Å². The molecule has 164 valence electrons. The quantitative estimate of drug-likeness (QED) is 0.564. The standard InChI is InChI=1S/C22H14F3NO6/c23-22(24,25)19-6-5-12(31-19)9-26-15-4-2-1-3-13(15)21(32-20(26)27)10-28-16-8-18-17(7-14(16)21)29-11-30-18/h1-8H,9-11H2. The zero-order valence-corrected chi connectivity index (χ0v) is 16.3. The van der Waals surface area contributed by atoms with Gasteiger partial charge in [-0.15, -0.1) is 0 Å². The lowest BCUT2D eigenvalue weighted by atomic mass is 9.85. The molecule has 3 aromatic rings. The number of amides is 1. The molecule has 1 spiro atoms. The van der Waals surface area contributed by atoms with E-state index in [2.05, 4.69) is 0 Å². The minimum atomic E-state index is -4.61. The van der Waals surface area contributed by atoms with Crippen LogP contribution < -0.4 is 19.1 Å². The normalized spacial score (nSPS) is 20.7. The summed E-state index contributed by atoms with van der Waals surface area (Å²) in [5.74, 6) is 0.408. The van der Waals surface area contributed by atoms with Gasteiger partial charge < -0.3 is 23.4 Å². The van der Waals surface area contributed by atoms with Crippen LogP contribution in [0.3, 0.4) is 0 Å². The summed E-state index contributed by atoms with van der Waals surface area (Å²) < 4.78 is 66.2. The van der Waals surface area contributed by atoms with Crippen LogP contribution in [0.2, 0.25) is 0 Å². The molecule has 0 saturated carbocycles. The zero-order valence-electron chi connectivity index (χ0n) is 16.3. The van der Waals surface area contributed by atoms with Gasteiger partial charge in [0.05, 0.1) is 12.2 Å². The molecule has 6 rings (SSSR count). The van der Waals surface area contributed by atoms with E-state index in [0.717, 1.165) is 6.07 Å². The third-order valence-electron chi connectivity index (χ3n) is 5.71. The van der Waals surface area contributed by atoms with E-state index in [1.54, 1.807) is 36.4 Å². The summed E-state index contributed by atoms with van der Waals surface area (Å²) in [6, 6.07) is 12.5. The first kappa shape index (κ1) is 18.9. The summed E-state index contributed by atoms with van der Waals surface area (Å²) in [7, 11) is 0. The molecule has 10 heteroatoms. The predicted octanol–water partition coefficient (Wildman–Crippen LogP) is 4.82. The van der Waals surface area contributed by atoms with E-state index in [0.29, 0.717) is 34.1 Å². The van der Waals surface area contributed by atoms with Crippen molar-refractivity contribution in [1.29, 1.82) is 0 Å². The highest BCUT2D eigenvalue weighted by atomic mass is 19.4. The van der Waals surface area contributed by atoms with E-state index in [1.807, 2.05) is 0 Å². The Labute approximate surface area is 178 Å². The number of ether oxygens (including phenoxy) is 4. The number of anilines is 1. The first-order valence-corrected chi connectivity index (χ1v) is 9.68. The number of carbonyl (C=O) groups excluding carboxylic acids is 1. The summed E-state index contributed by atoms with van der Waals surface area (Å²) >= 11 is 0. The van der Waals surface area contributed by atoms with E-state index in [4.69, 9.17) is 23.4 Å². The minimum absolute atomic E-state index is 0.0218. The van der Waals surface area contributed by atoms with Crippen LogP contribution in [0.25, 0.3) is 0 Å². The van der Waals surface area contributed by atoms with Crippen molar-refractivity contribution in [3.63, 3.8) is 0 Å². The summed E-state index contributed by atoms with van der Waals surface area (Å²) in [6.45, 7) is -0.101. The van der Waals surface area contributed by atoms with Crippen molar-refractivity contribution in [3.8, 4) is 17.2 Å². The van der Waals surface area contributed by atoms with E-state index < -0.39 is 23.6 Å². The summed E-state index contributed by atoms with van der Waals surface area (Å²) in [5, 5.41) is 0. The molecule has 7 nitrogen and oxygen atoms in total. The molecule has 3 aliphatic heterocycles. The second-order valence-electron chi connectivity index (χ2n) is 7.55. The fraction of sp³-hybridized carbons (Fsp3) is 0.227. The number of halogens is 3. The molecule has 4 heterocycles. The van der Waals surface area contributed by atoms with Crippen molar-refractivity contribution < 1.29 is 41.3 Å². The van der Waals surface area contributed by atoms with Crippen LogP contribution in [0.15, 0.2) is 52.9 Å². The topological polar surface area (TPSA) is 70.4 Å². The maximum Gasteiger partial charge on any atom is 0.449 e. The number of hydrogen-bond acceptors (Lipinski definition) is 6. The lowest BCUT2D eigenvalue weighted by molar-refractivity contribution is -0.153. The zero-order chi connectivity index (χ0) is 22.1. The maximum absolute atomic E-state index is 13.1. The number of para-hydroxylation sites is 1. The van der Waals surface area contributed by atoms with Gasteiger partial charge in [0, 0.05) is 17.2 Å². The molecule has 0 N–H and O–H groups in total. The van der Waals surface area contributed by atoms with Crippen molar-refractivity contribution >= 4 is 11.8 Å². The van der Waals surface area contributed by atoms with Crippen LogP contribution in [0.1, 0.15) is 22.6 Å². The largest absolute Gasteiger partial charge is 0.488 e. The number of rotatable bonds is 2. The van der Waals surface area contributed by atoms with Gasteiger partial charge in [0.25, 0.3) is 0 Å². The van der Waals surface area contributed by atoms with Crippen LogP contribution >= 0.6 is 0 Å². The number of fused-ring (bicyclic) bond motifs is 5. The minimum Gasteiger partial charge on any atom is -0.488 e. The van der Waals surface area contributed by atoms with Gasteiger partial charge in [0.2, 0.25) is 18.2 Å². The van der Waals surface area contributed by atoms with Gasteiger partial charge in [-0.05, 0) is 24.3 Å². The van der Waals surface area contributed by atoms with Crippen LogP contribution in [-0.2, 0) is 23.1 Å². The molecule has 0 saturated heterocycles. The van der Waals surface area contributed by atoms with E-state index in [-0.39, 0.29) is 25.7 Å². The molecule has 2 aromatic carbocycles. The Hall–Kier alpha value is -3.82. The summed E-state index contributed by atoms with van der Waals surface area (Å²) in [4.78, 5) is 14.3. The highest BCUT2D eigenvalue weighted by Crippen LogP contribution is 2.53. The predicted molar refractivity (Wildman–Crippen MR) is 102 cm³/mol. The number of nitrogens with zero attached hydrogens (tertiary/aromatic N) is 1. The molecule has 1 atom stereocenters. The van der Waals surface area contributed by atoms with Crippen molar-refractivity contribution in [2.24, 2.45) is 0 Å². The summed E-state index contributed by atoms with van der Waals surface area (Å²) in [6.07, 6.45) is -5.35. The molecular weight excluding hydrogens is 431 g/mol. The molecule has 1 amide bonds. The molecule has 0 aliphatic carbocycles. The Morgan fingerprint density at radius 3 is 2.50 bits per heavy atom. The van der Waals surface area contributed by atoms with Gasteiger partial charge in [-0.1, -0.05) is 18.2 Å². The molecule has 3 aliphatic rings. The van der Waals surface area contributed by atoms with E-state index >= 15 is 0 Å². The van der Waals surface area contributed by atoms with Gasteiger partial charge in [0.15, 0.2) is 11.5 Å². The third-order valence-corrected chi connectivity index (χ3v) is 5.71. The SMILES string of the molecule is O=C1OC2(COc3cc4c(cc32)OCO4)c2ccccc2N1Cc1ccc(C(F)(F)F)o1. The van der Waals surface area contributed by atoms with Crippen LogP contribution in [0.4, 0.5) is 23.7 Å². The van der Waals surface area contributed by atoms with Gasteiger partial charge in [-0.2, -0.15) is 13.2 Å². The number of alkyl halides is 3. The van der Waals surface area contributed by atoms with Crippen molar-refractivity contribution in [2.75, 3.05) is 18.3 Å². The summed E-state index contributed by atoms with van der Waals surface area (Å²) in [5.41, 5.74) is 0.517. The number of furan rings is 1. The fourth-order valence-corrected chi connectivity index (χ4v) is 4.25. The smallest absolute Gasteiger partial charge is 0.449 e. The number of hydrogen-bond donors (Lipinski definition) is 0. The highest BCUT2D eigenvalue weighted by Gasteiger charge is 2.53. The molecule has 1 aromatic heterocycles. The lowest BCUT2D eigenvalue weighted by Gasteiger charge is -2.39. The third kappa shape index (κ3) is 2.65. The Morgan fingerprint density at radius 2 is 1.72 bits per heavy atom. The number of carbonyl (C=O) groups is 1. The molecule has 1 unspecified atom stereocenters. The molecular formula is C22H14F3NO6. The molecule has 0 bridgehead atoms. The molecule has 0 fully saturated rings. The average Bonchev–Trinajstić information content (AvgIpc) is 3.49.